The lowest BCUT2D eigenvalue weighted by Gasteiger charge is -2.29. The molecule has 0 saturated carbocycles. The Morgan fingerprint density at radius 2 is 1.95 bits per heavy atom. The number of nitrogens with one attached hydrogen (secondary N) is 1. The molecule has 1 N–H and O–H groups in total. The van der Waals surface area contributed by atoms with Crippen molar-refractivity contribution in [3.05, 3.63) is 35.9 Å². The average Bonchev–Trinajstić information content (AvgIpc) is 2.82. The van der Waals surface area contributed by atoms with E-state index in [1.54, 1.807) is 0 Å². The van der Waals surface area contributed by atoms with Crippen LogP contribution in [0, 0.1) is 5.92 Å². The van der Waals surface area contributed by atoms with Gasteiger partial charge in [-0.2, -0.15) is 0 Å². The van der Waals surface area contributed by atoms with Crippen molar-refractivity contribution in [3.8, 4) is 0 Å². The molecular formula is C18H27N3O. The van der Waals surface area contributed by atoms with Crippen molar-refractivity contribution in [1.29, 1.82) is 0 Å². The van der Waals surface area contributed by atoms with Crippen molar-refractivity contribution < 1.29 is 4.79 Å². The quantitative estimate of drug-likeness (QED) is 0.925. The van der Waals surface area contributed by atoms with Crippen LogP contribution in [0.3, 0.4) is 0 Å². The fourth-order valence-corrected chi connectivity index (χ4v) is 3.56. The highest BCUT2D eigenvalue weighted by molar-refractivity contribution is 5.94. The van der Waals surface area contributed by atoms with E-state index in [-0.39, 0.29) is 5.91 Å². The molecule has 2 aliphatic heterocycles. The van der Waals surface area contributed by atoms with Gasteiger partial charge in [0.2, 0.25) is 0 Å². The minimum absolute atomic E-state index is 0.182. The topological polar surface area (TPSA) is 35.6 Å². The summed E-state index contributed by atoms with van der Waals surface area (Å²) in [5, 5.41) is 3.50. The first-order valence-corrected chi connectivity index (χ1v) is 8.60. The largest absolute Gasteiger partial charge is 0.337 e. The summed E-state index contributed by atoms with van der Waals surface area (Å²) in [4.78, 5) is 17.1. The third-order valence-electron chi connectivity index (χ3n) is 4.81. The molecule has 3 rings (SSSR count). The first-order chi connectivity index (χ1) is 10.8. The smallest absolute Gasteiger partial charge is 0.253 e. The number of piperidine rings is 1. The summed E-state index contributed by atoms with van der Waals surface area (Å²) in [6.07, 6.45) is 3.73. The Kier molecular flexibility index (Phi) is 5.46. The highest BCUT2D eigenvalue weighted by Gasteiger charge is 2.22. The van der Waals surface area contributed by atoms with Crippen LogP contribution in [0.4, 0.5) is 0 Å². The molecule has 1 amide bonds. The summed E-state index contributed by atoms with van der Waals surface area (Å²) in [5.41, 5.74) is 0.812. The Morgan fingerprint density at radius 3 is 2.73 bits per heavy atom. The van der Waals surface area contributed by atoms with E-state index in [1.807, 2.05) is 35.2 Å². The molecule has 120 valence electrons. The molecule has 0 spiro atoms. The summed E-state index contributed by atoms with van der Waals surface area (Å²) < 4.78 is 0. The molecule has 2 saturated heterocycles. The zero-order chi connectivity index (χ0) is 15.2. The van der Waals surface area contributed by atoms with E-state index in [9.17, 15) is 4.79 Å². The van der Waals surface area contributed by atoms with E-state index < -0.39 is 0 Å². The minimum Gasteiger partial charge on any atom is -0.337 e. The van der Waals surface area contributed by atoms with Crippen LogP contribution in [0.15, 0.2) is 30.3 Å². The van der Waals surface area contributed by atoms with Gasteiger partial charge in [0.15, 0.2) is 0 Å². The maximum atomic E-state index is 12.5. The molecule has 4 nitrogen and oxygen atoms in total. The summed E-state index contributed by atoms with van der Waals surface area (Å²) in [5.74, 6) is 0.965. The van der Waals surface area contributed by atoms with E-state index in [1.165, 1.54) is 25.9 Å². The molecule has 4 heteroatoms. The monoisotopic (exact) mass is 301 g/mol. The van der Waals surface area contributed by atoms with Gasteiger partial charge in [0, 0.05) is 31.7 Å². The van der Waals surface area contributed by atoms with Crippen LogP contribution >= 0.6 is 0 Å². The van der Waals surface area contributed by atoms with Crippen LogP contribution in [-0.2, 0) is 0 Å². The van der Waals surface area contributed by atoms with Crippen LogP contribution in [0.25, 0.3) is 0 Å². The van der Waals surface area contributed by atoms with Crippen LogP contribution < -0.4 is 5.32 Å². The van der Waals surface area contributed by atoms with Crippen molar-refractivity contribution in [2.24, 2.45) is 5.92 Å². The second-order valence-electron chi connectivity index (χ2n) is 6.52. The predicted molar refractivity (Wildman–Crippen MR) is 89.0 cm³/mol. The minimum atomic E-state index is 0.182. The van der Waals surface area contributed by atoms with Gasteiger partial charge < -0.3 is 15.1 Å². The lowest BCUT2D eigenvalue weighted by atomic mass is 9.99. The van der Waals surface area contributed by atoms with Gasteiger partial charge in [-0.3, -0.25) is 4.79 Å². The number of hydrogen-bond acceptors (Lipinski definition) is 3. The number of carbonyl (C=O) groups is 1. The van der Waals surface area contributed by atoms with Crippen molar-refractivity contribution in [2.75, 3.05) is 45.8 Å². The van der Waals surface area contributed by atoms with E-state index in [4.69, 9.17) is 0 Å². The second-order valence-corrected chi connectivity index (χ2v) is 6.52. The highest BCUT2D eigenvalue weighted by atomic mass is 16.2. The van der Waals surface area contributed by atoms with Gasteiger partial charge in [-0.25, -0.2) is 0 Å². The van der Waals surface area contributed by atoms with E-state index in [0.717, 1.165) is 50.6 Å². The van der Waals surface area contributed by atoms with Crippen LogP contribution in [-0.4, -0.2) is 61.5 Å². The Labute approximate surface area is 133 Å². The van der Waals surface area contributed by atoms with Crippen LogP contribution in [0.2, 0.25) is 0 Å². The lowest BCUT2D eigenvalue weighted by molar-refractivity contribution is 0.0760. The van der Waals surface area contributed by atoms with Gasteiger partial charge in [-0.15, -0.1) is 0 Å². The Bertz CT molecular complexity index is 470. The zero-order valence-corrected chi connectivity index (χ0v) is 13.3. The number of benzene rings is 1. The van der Waals surface area contributed by atoms with Gasteiger partial charge in [0.1, 0.15) is 0 Å². The fraction of sp³-hybridized carbons (Fsp3) is 0.611. The number of carbonyl (C=O) groups excluding carboxylic acids is 1. The highest BCUT2D eigenvalue weighted by Crippen LogP contribution is 2.14. The van der Waals surface area contributed by atoms with Gasteiger partial charge in [0.05, 0.1) is 0 Å². The van der Waals surface area contributed by atoms with Crippen molar-refractivity contribution in [1.82, 2.24) is 15.1 Å². The first kappa shape index (κ1) is 15.5. The number of hydrogen-bond donors (Lipinski definition) is 1. The van der Waals surface area contributed by atoms with Crippen molar-refractivity contribution in [2.45, 2.75) is 19.3 Å². The molecule has 1 aromatic rings. The summed E-state index contributed by atoms with van der Waals surface area (Å²) in [6.45, 7) is 7.38. The normalized spacial score (nSPS) is 24.0. The third-order valence-corrected chi connectivity index (χ3v) is 4.81. The molecule has 1 aromatic carbocycles. The Balaban J connectivity index is 1.52. The SMILES string of the molecule is O=C(c1ccccc1)N1CCCN(CC2CCCNC2)CC1. The van der Waals surface area contributed by atoms with Gasteiger partial charge in [-0.05, 0) is 56.9 Å². The molecule has 1 atom stereocenters. The molecule has 0 radical (unpaired) electrons. The number of nitrogens with zero attached hydrogens (tertiary/aromatic N) is 2. The average molecular weight is 301 g/mol. The lowest BCUT2D eigenvalue weighted by Crippen LogP contribution is -2.40. The number of rotatable bonds is 3. The summed E-state index contributed by atoms with van der Waals surface area (Å²) in [6, 6.07) is 9.66. The van der Waals surface area contributed by atoms with E-state index in [2.05, 4.69) is 10.2 Å². The molecule has 2 aliphatic rings. The summed E-state index contributed by atoms with van der Waals surface area (Å²) in [7, 11) is 0. The van der Waals surface area contributed by atoms with Gasteiger partial charge >= 0.3 is 0 Å². The zero-order valence-electron chi connectivity index (χ0n) is 13.3. The van der Waals surface area contributed by atoms with Crippen molar-refractivity contribution in [3.63, 3.8) is 0 Å². The Hall–Kier alpha value is -1.39. The van der Waals surface area contributed by atoms with E-state index in [0.29, 0.717) is 0 Å². The van der Waals surface area contributed by atoms with Crippen LogP contribution in [0.1, 0.15) is 29.6 Å². The molecule has 1 unspecified atom stereocenters. The molecule has 22 heavy (non-hydrogen) atoms. The molecule has 0 aromatic heterocycles. The van der Waals surface area contributed by atoms with Gasteiger partial charge in [-0.1, -0.05) is 18.2 Å². The maximum absolute atomic E-state index is 12.5. The molecular weight excluding hydrogens is 274 g/mol. The van der Waals surface area contributed by atoms with Crippen molar-refractivity contribution >= 4 is 5.91 Å². The second kappa shape index (κ2) is 7.75. The third kappa shape index (κ3) is 4.08. The standard InChI is InChI=1S/C18H27N3O/c22-18(17-7-2-1-3-8-17)21-11-5-10-20(12-13-21)15-16-6-4-9-19-14-16/h1-3,7-8,16,19H,4-6,9-15H2. The molecule has 2 heterocycles. The predicted octanol–water partition coefficient (Wildman–Crippen LogP) is 1.83. The molecule has 2 fully saturated rings. The molecule has 0 bridgehead atoms. The Morgan fingerprint density at radius 1 is 1.09 bits per heavy atom. The van der Waals surface area contributed by atoms with E-state index >= 15 is 0 Å². The summed E-state index contributed by atoms with van der Waals surface area (Å²) >= 11 is 0. The molecule has 0 aliphatic carbocycles. The maximum Gasteiger partial charge on any atom is 0.253 e. The van der Waals surface area contributed by atoms with Gasteiger partial charge in [0.25, 0.3) is 5.91 Å². The number of amides is 1. The first-order valence-electron chi connectivity index (χ1n) is 8.60. The fourth-order valence-electron chi connectivity index (χ4n) is 3.56. The van der Waals surface area contributed by atoms with Crippen LogP contribution in [0.5, 0.6) is 0 Å².